The molecule has 0 aliphatic heterocycles. The smallest absolute Gasteiger partial charge is 0.270 e. The molecule has 2 rings (SSSR count). The van der Waals surface area contributed by atoms with E-state index in [0.29, 0.717) is 12.1 Å². The zero-order valence-corrected chi connectivity index (χ0v) is 12.8. The standard InChI is InChI=1S/C13H15IN2O3/c1-2-13(5-6-13)8-15-12(17)10-7-9(16(18)19)3-4-11(10)14/h3-4,7H,2,5-6,8H2,1H3,(H,15,17). The van der Waals surface area contributed by atoms with Gasteiger partial charge in [0.05, 0.1) is 10.5 Å². The number of nitro benzene ring substituents is 1. The Balaban J connectivity index is 2.10. The van der Waals surface area contributed by atoms with Crippen LogP contribution in [-0.4, -0.2) is 17.4 Å². The Hall–Kier alpha value is -1.18. The number of hydrogen-bond acceptors (Lipinski definition) is 3. The van der Waals surface area contributed by atoms with Gasteiger partial charge in [0.25, 0.3) is 11.6 Å². The molecule has 0 radical (unpaired) electrons. The zero-order valence-electron chi connectivity index (χ0n) is 10.6. The summed E-state index contributed by atoms with van der Waals surface area (Å²) in [4.78, 5) is 22.3. The summed E-state index contributed by atoms with van der Waals surface area (Å²) in [5.74, 6) is -0.229. The van der Waals surface area contributed by atoms with Crippen LogP contribution in [0.1, 0.15) is 36.5 Å². The number of hydrogen-bond donors (Lipinski definition) is 1. The summed E-state index contributed by atoms with van der Waals surface area (Å²) >= 11 is 2.02. The molecule has 0 saturated heterocycles. The molecule has 19 heavy (non-hydrogen) atoms. The first kappa shape index (κ1) is 14.2. The van der Waals surface area contributed by atoms with E-state index in [1.165, 1.54) is 12.1 Å². The Kier molecular flexibility index (Phi) is 4.07. The number of carbonyl (C=O) groups excluding carboxylic acids is 1. The van der Waals surface area contributed by atoms with E-state index in [-0.39, 0.29) is 17.0 Å². The average molecular weight is 374 g/mol. The van der Waals surface area contributed by atoms with E-state index in [1.54, 1.807) is 6.07 Å². The van der Waals surface area contributed by atoms with Gasteiger partial charge in [0.15, 0.2) is 0 Å². The average Bonchev–Trinajstić information content (AvgIpc) is 3.17. The molecule has 1 aromatic rings. The molecule has 0 atom stereocenters. The highest BCUT2D eigenvalue weighted by Gasteiger charge is 2.40. The Morgan fingerprint density at radius 1 is 1.53 bits per heavy atom. The summed E-state index contributed by atoms with van der Waals surface area (Å²) in [6.07, 6.45) is 3.35. The fourth-order valence-electron chi connectivity index (χ4n) is 2.00. The number of rotatable bonds is 5. The second kappa shape index (κ2) is 5.44. The zero-order chi connectivity index (χ0) is 14.0. The topological polar surface area (TPSA) is 72.2 Å². The Morgan fingerprint density at radius 3 is 2.74 bits per heavy atom. The molecule has 1 aliphatic rings. The van der Waals surface area contributed by atoms with Crippen LogP contribution in [0.5, 0.6) is 0 Å². The normalized spacial score (nSPS) is 15.9. The first-order valence-electron chi connectivity index (χ1n) is 6.19. The number of nitrogens with zero attached hydrogens (tertiary/aromatic N) is 1. The van der Waals surface area contributed by atoms with E-state index in [1.807, 2.05) is 22.6 Å². The van der Waals surface area contributed by atoms with Crippen molar-refractivity contribution in [2.24, 2.45) is 5.41 Å². The van der Waals surface area contributed by atoms with Crippen molar-refractivity contribution in [1.82, 2.24) is 5.32 Å². The maximum Gasteiger partial charge on any atom is 0.270 e. The molecule has 0 heterocycles. The molecule has 102 valence electrons. The molecule has 1 amide bonds. The highest BCUT2D eigenvalue weighted by atomic mass is 127. The van der Waals surface area contributed by atoms with Crippen LogP contribution < -0.4 is 5.32 Å². The third kappa shape index (κ3) is 3.23. The van der Waals surface area contributed by atoms with Gasteiger partial charge in [-0.1, -0.05) is 6.92 Å². The first-order chi connectivity index (χ1) is 8.97. The van der Waals surface area contributed by atoms with Crippen LogP contribution in [0.4, 0.5) is 5.69 Å². The summed E-state index contributed by atoms with van der Waals surface area (Å²) in [6.45, 7) is 2.78. The van der Waals surface area contributed by atoms with E-state index in [4.69, 9.17) is 0 Å². The number of carbonyl (C=O) groups is 1. The molecule has 6 heteroatoms. The van der Waals surface area contributed by atoms with Gasteiger partial charge in [-0.15, -0.1) is 0 Å². The van der Waals surface area contributed by atoms with Crippen LogP contribution in [0.2, 0.25) is 0 Å². The van der Waals surface area contributed by atoms with Crippen LogP contribution in [0.3, 0.4) is 0 Å². The number of non-ortho nitro benzene ring substituents is 1. The Morgan fingerprint density at radius 2 is 2.21 bits per heavy atom. The van der Waals surface area contributed by atoms with Gasteiger partial charge in [-0.05, 0) is 53.3 Å². The molecule has 0 aromatic heterocycles. The van der Waals surface area contributed by atoms with Crippen LogP contribution in [-0.2, 0) is 0 Å². The number of nitrogens with one attached hydrogen (secondary N) is 1. The van der Waals surface area contributed by atoms with E-state index in [9.17, 15) is 14.9 Å². The van der Waals surface area contributed by atoms with Crippen molar-refractivity contribution in [3.8, 4) is 0 Å². The number of halogens is 1. The Bertz CT molecular complexity index is 527. The lowest BCUT2D eigenvalue weighted by molar-refractivity contribution is -0.384. The van der Waals surface area contributed by atoms with Gasteiger partial charge in [-0.25, -0.2) is 0 Å². The largest absolute Gasteiger partial charge is 0.351 e. The molecule has 1 fully saturated rings. The molecule has 0 bridgehead atoms. The van der Waals surface area contributed by atoms with Crippen molar-refractivity contribution < 1.29 is 9.72 Å². The summed E-state index contributed by atoms with van der Waals surface area (Å²) in [6, 6.07) is 4.34. The molecule has 1 aromatic carbocycles. The summed E-state index contributed by atoms with van der Waals surface area (Å²) in [5, 5.41) is 13.6. The van der Waals surface area contributed by atoms with Crippen LogP contribution in [0.15, 0.2) is 18.2 Å². The summed E-state index contributed by atoms with van der Waals surface area (Å²) in [7, 11) is 0. The predicted octanol–water partition coefficient (Wildman–Crippen LogP) is 3.12. The molecule has 0 unspecified atom stereocenters. The van der Waals surface area contributed by atoms with Crippen molar-refractivity contribution in [3.63, 3.8) is 0 Å². The van der Waals surface area contributed by atoms with Crippen molar-refractivity contribution in [2.75, 3.05) is 6.54 Å². The lowest BCUT2D eigenvalue weighted by atomic mass is 10.0. The van der Waals surface area contributed by atoms with Gasteiger partial charge in [0.2, 0.25) is 0 Å². The molecule has 1 N–H and O–H groups in total. The van der Waals surface area contributed by atoms with Crippen LogP contribution in [0, 0.1) is 19.1 Å². The SMILES string of the molecule is CCC1(CNC(=O)c2cc([N+](=O)[O-])ccc2I)CC1. The quantitative estimate of drug-likeness (QED) is 0.489. The Labute approximate surface area is 125 Å². The molecule has 1 saturated carbocycles. The molecular weight excluding hydrogens is 359 g/mol. The van der Waals surface area contributed by atoms with Gasteiger partial charge in [-0.2, -0.15) is 0 Å². The highest BCUT2D eigenvalue weighted by Crippen LogP contribution is 2.47. The lowest BCUT2D eigenvalue weighted by Crippen LogP contribution is -2.30. The first-order valence-corrected chi connectivity index (χ1v) is 7.27. The van der Waals surface area contributed by atoms with Gasteiger partial charge >= 0.3 is 0 Å². The van der Waals surface area contributed by atoms with E-state index in [2.05, 4.69) is 12.2 Å². The van der Waals surface area contributed by atoms with Gasteiger partial charge in [-0.3, -0.25) is 14.9 Å². The van der Waals surface area contributed by atoms with Gasteiger partial charge in [0, 0.05) is 22.2 Å². The third-order valence-electron chi connectivity index (χ3n) is 3.74. The van der Waals surface area contributed by atoms with Crippen LogP contribution in [0.25, 0.3) is 0 Å². The predicted molar refractivity (Wildman–Crippen MR) is 80.1 cm³/mol. The van der Waals surface area contributed by atoms with Gasteiger partial charge < -0.3 is 5.32 Å². The fourth-order valence-corrected chi connectivity index (χ4v) is 2.58. The van der Waals surface area contributed by atoms with Gasteiger partial charge in [0.1, 0.15) is 0 Å². The molecular formula is C13H15IN2O3. The number of amides is 1. The minimum Gasteiger partial charge on any atom is -0.351 e. The fraction of sp³-hybridized carbons (Fsp3) is 0.462. The van der Waals surface area contributed by atoms with Crippen molar-refractivity contribution in [1.29, 1.82) is 0 Å². The third-order valence-corrected chi connectivity index (χ3v) is 4.68. The number of benzene rings is 1. The minimum absolute atomic E-state index is 0.0535. The maximum absolute atomic E-state index is 12.1. The number of nitro groups is 1. The second-order valence-electron chi connectivity index (χ2n) is 4.96. The molecule has 5 nitrogen and oxygen atoms in total. The highest BCUT2D eigenvalue weighted by molar-refractivity contribution is 14.1. The monoisotopic (exact) mass is 374 g/mol. The van der Waals surface area contributed by atoms with Crippen molar-refractivity contribution >= 4 is 34.2 Å². The van der Waals surface area contributed by atoms with E-state index < -0.39 is 4.92 Å². The van der Waals surface area contributed by atoms with E-state index >= 15 is 0 Å². The lowest BCUT2D eigenvalue weighted by Gasteiger charge is -2.13. The summed E-state index contributed by atoms with van der Waals surface area (Å²) in [5.41, 5.74) is 0.589. The van der Waals surface area contributed by atoms with Crippen molar-refractivity contribution in [2.45, 2.75) is 26.2 Å². The molecule has 1 aliphatic carbocycles. The molecule has 0 spiro atoms. The van der Waals surface area contributed by atoms with Crippen molar-refractivity contribution in [3.05, 3.63) is 37.4 Å². The van der Waals surface area contributed by atoms with Crippen LogP contribution >= 0.6 is 22.6 Å². The summed E-state index contributed by atoms with van der Waals surface area (Å²) < 4.78 is 0.724. The maximum atomic E-state index is 12.1. The second-order valence-corrected chi connectivity index (χ2v) is 6.12. The van der Waals surface area contributed by atoms with E-state index in [0.717, 1.165) is 22.8 Å². The minimum atomic E-state index is -0.485.